The molecule has 4 aromatic carbocycles. The Balaban J connectivity index is 1.66. The highest BCUT2D eigenvalue weighted by atomic mass is 35.5. The standard InChI is InChI=1S/C34H31ClN2O3/c1-22(2)37-30-14-8-4-9-25(30)19-34(33(37)40)28-12-6-5-11-27(28)32(39)36(20-26-10-3-7-13-29(26)35)31(34)24-17-15-23(21-38)16-18-24/h3-18,22,31,38H,19-21H2,1-2H3/t31-,34-/m0/s1. The molecule has 1 N–H and O–H groups in total. The van der Waals surface area contributed by atoms with E-state index < -0.39 is 11.5 Å². The van der Waals surface area contributed by atoms with Gasteiger partial charge in [0, 0.05) is 28.9 Å². The van der Waals surface area contributed by atoms with Gasteiger partial charge in [-0.2, -0.15) is 0 Å². The quantitative estimate of drug-likeness (QED) is 0.310. The number of hydrogen-bond acceptors (Lipinski definition) is 3. The topological polar surface area (TPSA) is 60.9 Å². The number of amides is 2. The lowest BCUT2D eigenvalue weighted by molar-refractivity contribution is -0.128. The van der Waals surface area contributed by atoms with Crippen molar-refractivity contribution in [2.24, 2.45) is 0 Å². The van der Waals surface area contributed by atoms with Gasteiger partial charge in [-0.1, -0.05) is 90.5 Å². The maximum atomic E-state index is 15.1. The molecule has 0 saturated carbocycles. The number of halogens is 1. The summed E-state index contributed by atoms with van der Waals surface area (Å²) >= 11 is 6.62. The molecule has 0 saturated heterocycles. The fourth-order valence-electron chi connectivity index (χ4n) is 6.52. The number of benzene rings is 4. The van der Waals surface area contributed by atoms with Crippen LogP contribution in [0.5, 0.6) is 0 Å². The van der Waals surface area contributed by atoms with Crippen molar-refractivity contribution < 1.29 is 14.7 Å². The number of hydrogen-bond donors (Lipinski definition) is 1. The molecule has 4 aromatic rings. The van der Waals surface area contributed by atoms with Gasteiger partial charge in [0.15, 0.2) is 0 Å². The van der Waals surface area contributed by atoms with Crippen molar-refractivity contribution in [1.82, 2.24) is 4.90 Å². The summed E-state index contributed by atoms with van der Waals surface area (Å²) in [4.78, 5) is 33.1. The number of rotatable bonds is 5. The number of fused-ring (bicyclic) bond motifs is 3. The summed E-state index contributed by atoms with van der Waals surface area (Å²) in [6.45, 7) is 4.21. The van der Waals surface area contributed by atoms with Crippen molar-refractivity contribution in [1.29, 1.82) is 0 Å². The van der Waals surface area contributed by atoms with E-state index in [0.717, 1.165) is 33.5 Å². The molecule has 0 aliphatic carbocycles. The monoisotopic (exact) mass is 550 g/mol. The number of anilines is 1. The Morgan fingerprint density at radius 2 is 1.57 bits per heavy atom. The van der Waals surface area contributed by atoms with Crippen LogP contribution in [-0.2, 0) is 29.8 Å². The van der Waals surface area contributed by atoms with Gasteiger partial charge < -0.3 is 14.9 Å². The molecule has 2 amide bonds. The fourth-order valence-corrected chi connectivity index (χ4v) is 6.71. The summed E-state index contributed by atoms with van der Waals surface area (Å²) < 4.78 is 0. The van der Waals surface area contributed by atoms with Crippen LogP contribution < -0.4 is 4.90 Å². The van der Waals surface area contributed by atoms with Gasteiger partial charge in [0.2, 0.25) is 5.91 Å². The highest BCUT2D eigenvalue weighted by Gasteiger charge is 2.59. The normalized spacial score (nSPS) is 20.2. The molecule has 40 heavy (non-hydrogen) atoms. The highest BCUT2D eigenvalue weighted by molar-refractivity contribution is 6.31. The number of carbonyl (C=O) groups excluding carboxylic acids is 2. The van der Waals surface area contributed by atoms with E-state index in [4.69, 9.17) is 11.6 Å². The van der Waals surface area contributed by atoms with E-state index in [1.807, 2.05) is 115 Å². The van der Waals surface area contributed by atoms with Crippen LogP contribution in [-0.4, -0.2) is 27.9 Å². The number of aliphatic hydroxyl groups excluding tert-OH is 1. The molecule has 0 unspecified atom stereocenters. The predicted molar refractivity (Wildman–Crippen MR) is 157 cm³/mol. The van der Waals surface area contributed by atoms with E-state index >= 15 is 4.79 Å². The molecule has 0 aromatic heterocycles. The molecule has 0 bridgehead atoms. The first kappa shape index (κ1) is 26.3. The number of carbonyl (C=O) groups is 2. The van der Waals surface area contributed by atoms with Crippen LogP contribution in [0.1, 0.15) is 58.1 Å². The SMILES string of the molecule is CC(C)N1C(=O)[C@@]2(Cc3ccccc31)c1ccccc1C(=O)N(Cc1ccccc1Cl)[C@H]2c1ccc(CO)cc1. The van der Waals surface area contributed by atoms with Crippen molar-refractivity contribution in [3.8, 4) is 0 Å². The maximum Gasteiger partial charge on any atom is 0.255 e. The molecule has 6 heteroatoms. The van der Waals surface area contributed by atoms with Crippen LogP contribution in [0.15, 0.2) is 97.1 Å². The van der Waals surface area contributed by atoms with E-state index in [1.54, 1.807) is 0 Å². The average Bonchev–Trinajstić information content (AvgIpc) is 2.97. The molecular weight excluding hydrogens is 520 g/mol. The number of aliphatic hydroxyl groups is 1. The average molecular weight is 551 g/mol. The molecule has 2 aliphatic heterocycles. The van der Waals surface area contributed by atoms with Crippen LogP contribution in [0.4, 0.5) is 5.69 Å². The number of para-hydroxylation sites is 1. The first-order valence-electron chi connectivity index (χ1n) is 13.6. The second kappa shape index (κ2) is 10.2. The van der Waals surface area contributed by atoms with Crippen molar-refractivity contribution >= 4 is 29.1 Å². The van der Waals surface area contributed by atoms with E-state index in [2.05, 4.69) is 6.07 Å². The summed E-state index contributed by atoms with van der Waals surface area (Å²) in [5, 5.41) is 10.3. The molecular formula is C34H31ClN2O3. The minimum Gasteiger partial charge on any atom is -0.392 e. The van der Waals surface area contributed by atoms with Gasteiger partial charge in [0.1, 0.15) is 5.41 Å². The smallest absolute Gasteiger partial charge is 0.255 e. The number of nitrogens with zero attached hydrogens (tertiary/aromatic N) is 2. The Labute approximate surface area is 239 Å². The molecule has 1 spiro atoms. The second-order valence-electron chi connectivity index (χ2n) is 10.9. The summed E-state index contributed by atoms with van der Waals surface area (Å²) in [6.07, 6.45) is 0.445. The van der Waals surface area contributed by atoms with Gasteiger partial charge in [-0.15, -0.1) is 0 Å². The van der Waals surface area contributed by atoms with Crippen LogP contribution >= 0.6 is 11.6 Å². The van der Waals surface area contributed by atoms with Crippen molar-refractivity contribution in [2.75, 3.05) is 4.90 Å². The molecule has 2 aliphatic rings. The lowest BCUT2D eigenvalue weighted by Gasteiger charge is -2.54. The summed E-state index contributed by atoms with van der Waals surface area (Å²) in [6, 6.07) is 30.0. The van der Waals surface area contributed by atoms with Gasteiger partial charge in [-0.25, -0.2) is 0 Å². The molecule has 2 heterocycles. The summed E-state index contributed by atoms with van der Waals surface area (Å²) in [7, 11) is 0. The Morgan fingerprint density at radius 3 is 2.30 bits per heavy atom. The minimum absolute atomic E-state index is 0.0263. The molecule has 2 atom stereocenters. The van der Waals surface area contributed by atoms with Gasteiger partial charge in [0.25, 0.3) is 5.91 Å². The van der Waals surface area contributed by atoms with Crippen LogP contribution in [0.3, 0.4) is 0 Å². The lowest BCUT2D eigenvalue weighted by atomic mass is 9.61. The van der Waals surface area contributed by atoms with Crippen LogP contribution in [0.25, 0.3) is 0 Å². The van der Waals surface area contributed by atoms with E-state index in [-0.39, 0.29) is 31.0 Å². The Kier molecular flexibility index (Phi) is 6.73. The van der Waals surface area contributed by atoms with Gasteiger partial charge in [-0.05, 0) is 66.3 Å². The predicted octanol–water partition coefficient (Wildman–Crippen LogP) is 6.47. The first-order chi connectivity index (χ1) is 19.4. The zero-order valence-electron chi connectivity index (χ0n) is 22.5. The zero-order valence-corrected chi connectivity index (χ0v) is 23.3. The van der Waals surface area contributed by atoms with Crippen molar-refractivity contribution in [2.45, 2.75) is 50.9 Å². The fraction of sp³-hybridized carbons (Fsp3) is 0.235. The third-order valence-electron chi connectivity index (χ3n) is 8.29. The first-order valence-corrected chi connectivity index (χ1v) is 14.0. The van der Waals surface area contributed by atoms with Gasteiger partial charge in [-0.3, -0.25) is 9.59 Å². The highest BCUT2D eigenvalue weighted by Crippen LogP contribution is 2.54. The largest absolute Gasteiger partial charge is 0.392 e. The van der Waals surface area contributed by atoms with Crippen LogP contribution in [0, 0.1) is 0 Å². The Hall–Kier alpha value is -3.93. The molecule has 0 fully saturated rings. The van der Waals surface area contributed by atoms with Crippen molar-refractivity contribution in [3.63, 3.8) is 0 Å². The van der Waals surface area contributed by atoms with E-state index in [9.17, 15) is 9.90 Å². The summed E-state index contributed by atoms with van der Waals surface area (Å²) in [5.41, 5.74) is 4.60. The van der Waals surface area contributed by atoms with Gasteiger partial charge >= 0.3 is 0 Å². The second-order valence-corrected chi connectivity index (χ2v) is 11.3. The molecule has 6 rings (SSSR count). The molecule has 0 radical (unpaired) electrons. The van der Waals surface area contributed by atoms with Gasteiger partial charge in [0.05, 0.1) is 12.6 Å². The van der Waals surface area contributed by atoms with E-state index in [0.29, 0.717) is 17.0 Å². The maximum absolute atomic E-state index is 15.1. The molecule has 202 valence electrons. The van der Waals surface area contributed by atoms with E-state index in [1.165, 1.54) is 0 Å². The third kappa shape index (κ3) is 4.04. The molecule has 5 nitrogen and oxygen atoms in total. The zero-order chi connectivity index (χ0) is 28.0. The minimum atomic E-state index is -1.08. The third-order valence-corrected chi connectivity index (χ3v) is 8.66. The Morgan fingerprint density at radius 1 is 0.900 bits per heavy atom. The van der Waals surface area contributed by atoms with Crippen molar-refractivity contribution in [3.05, 3.63) is 135 Å². The lowest BCUT2D eigenvalue weighted by Crippen LogP contribution is -2.63. The Bertz CT molecular complexity index is 1600. The summed E-state index contributed by atoms with van der Waals surface area (Å²) in [5.74, 6) is -0.165. The van der Waals surface area contributed by atoms with Crippen LogP contribution in [0.2, 0.25) is 5.02 Å².